The molecule has 5 heteroatoms. The van der Waals surface area contributed by atoms with E-state index in [4.69, 9.17) is 14.3 Å². The zero-order valence-electron chi connectivity index (χ0n) is 21.2. The molecule has 4 aromatic rings. The Labute approximate surface area is 203 Å². The molecule has 0 bridgehead atoms. The fourth-order valence-electron chi connectivity index (χ4n) is 4.39. The first kappa shape index (κ1) is 22.9. The molecular weight excluding hydrogens is 419 g/mol. The lowest BCUT2D eigenvalue weighted by Crippen LogP contribution is -2.41. The number of hydrogen-bond donors (Lipinski definition) is 0. The van der Waals surface area contributed by atoms with Crippen LogP contribution in [-0.2, 0) is 14.7 Å². The van der Waals surface area contributed by atoms with Crippen molar-refractivity contribution in [3.63, 3.8) is 0 Å². The van der Waals surface area contributed by atoms with Crippen molar-refractivity contribution in [1.82, 2.24) is 9.55 Å². The second-order valence-corrected chi connectivity index (χ2v) is 11.3. The van der Waals surface area contributed by atoms with Crippen molar-refractivity contribution in [2.24, 2.45) is 0 Å². The number of hydrogen-bond acceptors (Lipinski definition) is 3. The van der Waals surface area contributed by atoms with Crippen LogP contribution < -0.4 is 5.46 Å². The van der Waals surface area contributed by atoms with Crippen LogP contribution in [0.4, 0.5) is 0 Å². The summed E-state index contributed by atoms with van der Waals surface area (Å²) in [5.41, 5.74) is 5.61. The zero-order chi connectivity index (χ0) is 24.3. The molecule has 2 heterocycles. The Balaban J connectivity index is 1.73. The number of benzene rings is 3. The molecule has 1 fully saturated rings. The second kappa shape index (κ2) is 7.83. The number of imidazole rings is 1. The number of rotatable bonds is 3. The van der Waals surface area contributed by atoms with Crippen molar-refractivity contribution in [2.75, 3.05) is 0 Å². The van der Waals surface area contributed by atoms with Gasteiger partial charge in [-0.05, 0) is 74.5 Å². The van der Waals surface area contributed by atoms with E-state index in [1.807, 2.05) is 12.1 Å². The molecule has 1 aromatic heterocycles. The number of aromatic nitrogens is 2. The van der Waals surface area contributed by atoms with Gasteiger partial charge in [0.1, 0.15) is 5.82 Å². The number of nitrogens with zero attached hydrogens (tertiary/aromatic N) is 2. The first-order valence-electron chi connectivity index (χ1n) is 12.0. The summed E-state index contributed by atoms with van der Waals surface area (Å²) >= 11 is 0. The Hall–Kier alpha value is -2.89. The van der Waals surface area contributed by atoms with Crippen LogP contribution in [0.3, 0.4) is 0 Å². The molecule has 0 spiro atoms. The summed E-state index contributed by atoms with van der Waals surface area (Å²) < 4.78 is 15.1. The van der Waals surface area contributed by atoms with Gasteiger partial charge in [0.15, 0.2) is 0 Å². The molecule has 0 N–H and O–H groups in total. The molecule has 4 nitrogen and oxygen atoms in total. The van der Waals surface area contributed by atoms with Gasteiger partial charge in [0.2, 0.25) is 0 Å². The van der Waals surface area contributed by atoms with Crippen LogP contribution in [0.15, 0.2) is 72.8 Å². The molecule has 0 atom stereocenters. The Bertz CT molecular complexity index is 1330. The van der Waals surface area contributed by atoms with Crippen LogP contribution in [0, 0.1) is 0 Å². The summed E-state index contributed by atoms with van der Waals surface area (Å²) in [5.74, 6) is 0.913. The predicted molar refractivity (Wildman–Crippen MR) is 141 cm³/mol. The fraction of sp³-hybridized carbons (Fsp3) is 0.345. The molecule has 1 saturated heterocycles. The van der Waals surface area contributed by atoms with Crippen molar-refractivity contribution in [3.05, 3.63) is 78.4 Å². The molecule has 174 valence electrons. The lowest BCUT2D eigenvalue weighted by atomic mass is 9.74. The van der Waals surface area contributed by atoms with E-state index in [1.165, 1.54) is 5.56 Å². The smallest absolute Gasteiger partial charge is 0.399 e. The Morgan fingerprint density at radius 2 is 1.41 bits per heavy atom. The highest BCUT2D eigenvalue weighted by molar-refractivity contribution is 6.62. The van der Waals surface area contributed by atoms with Crippen LogP contribution in [0.1, 0.15) is 54.0 Å². The van der Waals surface area contributed by atoms with Crippen molar-refractivity contribution in [1.29, 1.82) is 0 Å². The van der Waals surface area contributed by atoms with Gasteiger partial charge < -0.3 is 9.31 Å². The maximum atomic E-state index is 6.43. The van der Waals surface area contributed by atoms with E-state index in [9.17, 15) is 0 Å². The molecule has 1 aliphatic heterocycles. The Morgan fingerprint density at radius 1 is 0.794 bits per heavy atom. The molecule has 0 saturated carbocycles. The number of fused-ring (bicyclic) bond motifs is 1. The minimum atomic E-state index is -0.430. The van der Waals surface area contributed by atoms with Gasteiger partial charge >= 0.3 is 7.12 Å². The quantitative estimate of drug-likeness (QED) is 0.343. The largest absolute Gasteiger partial charge is 0.494 e. The highest BCUT2D eigenvalue weighted by Gasteiger charge is 2.52. The van der Waals surface area contributed by atoms with Gasteiger partial charge in [-0.3, -0.25) is 4.57 Å². The van der Waals surface area contributed by atoms with E-state index in [0.29, 0.717) is 0 Å². The summed E-state index contributed by atoms with van der Waals surface area (Å²) in [6, 6.07) is 25.4. The van der Waals surface area contributed by atoms with Gasteiger partial charge in [0, 0.05) is 11.3 Å². The predicted octanol–water partition coefficient (Wildman–Crippen LogP) is 6.29. The average Bonchev–Trinajstić information content (AvgIpc) is 3.27. The summed E-state index contributed by atoms with van der Waals surface area (Å²) in [7, 11) is -0.430. The summed E-state index contributed by atoms with van der Waals surface area (Å²) in [4.78, 5) is 5.09. The van der Waals surface area contributed by atoms with E-state index < -0.39 is 18.3 Å². The van der Waals surface area contributed by atoms with Gasteiger partial charge in [-0.1, -0.05) is 63.2 Å². The van der Waals surface area contributed by atoms with Gasteiger partial charge in [-0.15, -0.1) is 0 Å². The minimum Gasteiger partial charge on any atom is -0.399 e. The van der Waals surface area contributed by atoms with E-state index >= 15 is 0 Å². The molecule has 5 rings (SSSR count). The summed E-state index contributed by atoms with van der Waals surface area (Å²) in [6.07, 6.45) is 0. The van der Waals surface area contributed by atoms with Crippen LogP contribution >= 0.6 is 0 Å². The SMILES string of the molecule is CC(C)(C)c1cc(B2OC(C)(C)C(C)(C)O2)cc(-c2nc3ccccc3n2-c2ccccc2)c1. The highest BCUT2D eigenvalue weighted by atomic mass is 16.7. The second-order valence-electron chi connectivity index (χ2n) is 11.3. The van der Waals surface area contributed by atoms with Crippen molar-refractivity contribution < 1.29 is 9.31 Å². The molecule has 1 aliphatic rings. The topological polar surface area (TPSA) is 36.3 Å². The van der Waals surface area contributed by atoms with E-state index in [1.54, 1.807) is 0 Å². The average molecular weight is 452 g/mol. The minimum absolute atomic E-state index is 0.0437. The molecule has 34 heavy (non-hydrogen) atoms. The maximum Gasteiger partial charge on any atom is 0.494 e. The van der Waals surface area contributed by atoms with Crippen LogP contribution in [0.5, 0.6) is 0 Å². The first-order chi connectivity index (χ1) is 16.0. The third-order valence-corrected chi connectivity index (χ3v) is 7.18. The van der Waals surface area contributed by atoms with Gasteiger partial charge in [-0.2, -0.15) is 0 Å². The summed E-state index contributed by atoms with van der Waals surface area (Å²) in [6.45, 7) is 15.1. The molecule has 0 unspecified atom stereocenters. The molecular formula is C29H33BN2O2. The zero-order valence-corrected chi connectivity index (χ0v) is 21.2. The molecule has 3 aromatic carbocycles. The van der Waals surface area contributed by atoms with Crippen molar-refractivity contribution in [2.45, 2.75) is 65.1 Å². The normalized spacial score (nSPS) is 17.4. The van der Waals surface area contributed by atoms with E-state index in [2.05, 4.69) is 114 Å². The standard InChI is InChI=1S/C29H33BN2O2/c1-27(2,3)21-17-20(18-22(19-21)30-33-28(4,5)29(6,7)34-30)26-31-24-15-11-12-16-25(24)32(26)23-13-9-8-10-14-23/h8-19H,1-7H3. The number of para-hydroxylation sites is 3. The lowest BCUT2D eigenvalue weighted by molar-refractivity contribution is 0.00578. The monoisotopic (exact) mass is 452 g/mol. The van der Waals surface area contributed by atoms with Crippen LogP contribution in [0.2, 0.25) is 0 Å². The summed E-state index contributed by atoms with van der Waals surface area (Å²) in [5, 5.41) is 0. The first-order valence-corrected chi connectivity index (χ1v) is 12.0. The third kappa shape index (κ3) is 3.87. The van der Waals surface area contributed by atoms with Crippen LogP contribution in [-0.4, -0.2) is 27.9 Å². The lowest BCUT2D eigenvalue weighted by Gasteiger charge is -2.32. The maximum absolute atomic E-state index is 6.43. The van der Waals surface area contributed by atoms with E-state index in [-0.39, 0.29) is 5.41 Å². The van der Waals surface area contributed by atoms with Crippen LogP contribution in [0.25, 0.3) is 28.1 Å². The van der Waals surface area contributed by atoms with Crippen molar-refractivity contribution in [3.8, 4) is 17.1 Å². The van der Waals surface area contributed by atoms with Crippen molar-refractivity contribution >= 4 is 23.6 Å². The molecule has 0 radical (unpaired) electrons. The van der Waals surface area contributed by atoms with Gasteiger partial charge in [-0.25, -0.2) is 4.98 Å². The fourth-order valence-corrected chi connectivity index (χ4v) is 4.39. The van der Waals surface area contributed by atoms with E-state index in [0.717, 1.165) is 33.6 Å². The van der Waals surface area contributed by atoms with Gasteiger partial charge in [0.05, 0.1) is 22.2 Å². The third-order valence-electron chi connectivity index (χ3n) is 7.18. The highest BCUT2D eigenvalue weighted by Crippen LogP contribution is 2.38. The Kier molecular flexibility index (Phi) is 5.27. The Morgan fingerprint density at radius 3 is 2.06 bits per heavy atom. The molecule has 0 amide bonds. The van der Waals surface area contributed by atoms with Gasteiger partial charge in [0.25, 0.3) is 0 Å². The molecule has 0 aliphatic carbocycles.